The Balaban J connectivity index is 2.10. The van der Waals surface area contributed by atoms with Crippen LogP contribution in [0.15, 0.2) is 29.8 Å². The summed E-state index contributed by atoms with van der Waals surface area (Å²) in [4.78, 5) is 14.7. The Morgan fingerprint density at radius 1 is 1.33 bits per heavy atom. The number of thiophene rings is 1. The third-order valence-corrected chi connectivity index (χ3v) is 3.18. The van der Waals surface area contributed by atoms with Crippen LogP contribution in [0.3, 0.4) is 0 Å². The maximum Gasteiger partial charge on any atom is 0.257 e. The number of hydrogen-bond donors (Lipinski definition) is 2. The van der Waals surface area contributed by atoms with Gasteiger partial charge in [0.15, 0.2) is 0 Å². The van der Waals surface area contributed by atoms with E-state index in [-0.39, 0.29) is 5.91 Å². The molecule has 0 fully saturated rings. The zero-order valence-corrected chi connectivity index (χ0v) is 8.60. The van der Waals surface area contributed by atoms with Crippen LogP contribution in [0.2, 0.25) is 0 Å². The highest BCUT2D eigenvalue weighted by Crippen LogP contribution is 2.36. The first kappa shape index (κ1) is 8.49. The fourth-order valence-corrected chi connectivity index (χ4v) is 2.44. The Labute approximate surface area is 90.4 Å². The molecule has 15 heavy (non-hydrogen) atoms. The van der Waals surface area contributed by atoms with Crippen molar-refractivity contribution in [1.29, 1.82) is 0 Å². The van der Waals surface area contributed by atoms with Gasteiger partial charge < -0.3 is 10.3 Å². The van der Waals surface area contributed by atoms with Crippen molar-refractivity contribution in [3.05, 3.63) is 41.0 Å². The molecule has 3 heterocycles. The van der Waals surface area contributed by atoms with E-state index in [2.05, 4.69) is 10.3 Å². The van der Waals surface area contributed by atoms with Gasteiger partial charge in [0.2, 0.25) is 0 Å². The van der Waals surface area contributed by atoms with Gasteiger partial charge in [-0.15, -0.1) is 11.3 Å². The van der Waals surface area contributed by atoms with E-state index < -0.39 is 0 Å². The van der Waals surface area contributed by atoms with Gasteiger partial charge in [0, 0.05) is 17.5 Å². The topological polar surface area (TPSA) is 44.9 Å². The van der Waals surface area contributed by atoms with Crippen molar-refractivity contribution >= 4 is 33.9 Å². The van der Waals surface area contributed by atoms with Crippen LogP contribution in [0.5, 0.6) is 0 Å². The lowest BCUT2D eigenvalue weighted by atomic mass is 10.1. The van der Waals surface area contributed by atoms with Crippen LogP contribution in [-0.2, 0) is 4.79 Å². The number of H-pyrrole nitrogens is 1. The van der Waals surface area contributed by atoms with Gasteiger partial charge in [-0.1, -0.05) is 0 Å². The molecule has 0 spiro atoms. The lowest BCUT2D eigenvalue weighted by Crippen LogP contribution is -2.03. The minimum Gasteiger partial charge on any atom is -0.362 e. The van der Waals surface area contributed by atoms with Gasteiger partial charge in [0.1, 0.15) is 5.00 Å². The number of hydrogen-bond acceptors (Lipinski definition) is 2. The van der Waals surface area contributed by atoms with Crippen molar-refractivity contribution in [2.75, 3.05) is 5.32 Å². The van der Waals surface area contributed by atoms with Gasteiger partial charge in [-0.2, -0.15) is 0 Å². The third kappa shape index (κ3) is 1.30. The first-order valence-electron chi connectivity index (χ1n) is 4.59. The van der Waals surface area contributed by atoms with Crippen LogP contribution in [0, 0.1) is 0 Å². The number of anilines is 1. The molecule has 0 aromatic carbocycles. The summed E-state index contributed by atoms with van der Waals surface area (Å²) in [5.41, 5.74) is 2.67. The van der Waals surface area contributed by atoms with Crippen molar-refractivity contribution in [2.24, 2.45) is 0 Å². The molecule has 0 unspecified atom stereocenters. The maximum atomic E-state index is 11.6. The van der Waals surface area contributed by atoms with Gasteiger partial charge in [-0.25, -0.2) is 0 Å². The number of nitrogens with one attached hydrogen (secondary N) is 2. The Morgan fingerprint density at radius 2 is 2.27 bits per heavy atom. The predicted molar refractivity (Wildman–Crippen MR) is 61.6 cm³/mol. The van der Waals surface area contributed by atoms with Crippen molar-refractivity contribution in [2.45, 2.75) is 0 Å². The van der Waals surface area contributed by atoms with E-state index in [0.29, 0.717) is 0 Å². The van der Waals surface area contributed by atoms with Crippen LogP contribution >= 0.6 is 11.3 Å². The van der Waals surface area contributed by atoms with Gasteiger partial charge in [-0.05, 0) is 29.7 Å². The molecule has 1 aliphatic heterocycles. The fourth-order valence-electron chi connectivity index (χ4n) is 1.64. The number of carbonyl (C=O) groups excluding carboxylic acids is 1. The minimum absolute atomic E-state index is 0.0218. The average molecular weight is 216 g/mol. The maximum absolute atomic E-state index is 11.6. The molecule has 74 valence electrons. The molecule has 1 aliphatic rings. The summed E-state index contributed by atoms with van der Waals surface area (Å²) in [5, 5.41) is 5.76. The second kappa shape index (κ2) is 3.10. The summed E-state index contributed by atoms with van der Waals surface area (Å²) < 4.78 is 0. The number of aromatic amines is 1. The van der Waals surface area contributed by atoms with E-state index >= 15 is 0 Å². The van der Waals surface area contributed by atoms with E-state index in [1.807, 2.05) is 35.9 Å². The molecule has 4 heteroatoms. The number of aromatic nitrogens is 1. The summed E-state index contributed by atoms with van der Waals surface area (Å²) in [6.45, 7) is 0. The quantitative estimate of drug-likeness (QED) is 0.707. The smallest absolute Gasteiger partial charge is 0.257 e. The molecule has 0 radical (unpaired) electrons. The fraction of sp³-hybridized carbons (Fsp3) is 0. The van der Waals surface area contributed by atoms with Gasteiger partial charge >= 0.3 is 0 Å². The van der Waals surface area contributed by atoms with Crippen LogP contribution in [0.25, 0.3) is 11.6 Å². The van der Waals surface area contributed by atoms with E-state index in [0.717, 1.165) is 21.8 Å². The number of fused-ring (bicyclic) bond motifs is 1. The van der Waals surface area contributed by atoms with Crippen LogP contribution in [0.1, 0.15) is 11.3 Å². The van der Waals surface area contributed by atoms with Crippen LogP contribution in [0.4, 0.5) is 5.00 Å². The second-order valence-corrected chi connectivity index (χ2v) is 4.22. The zero-order chi connectivity index (χ0) is 10.3. The van der Waals surface area contributed by atoms with Crippen molar-refractivity contribution in [3.8, 4) is 0 Å². The Hall–Kier alpha value is -1.81. The Bertz CT molecular complexity index is 537. The third-order valence-electron chi connectivity index (χ3n) is 2.35. The molecule has 0 bridgehead atoms. The number of amides is 1. The highest BCUT2D eigenvalue weighted by Gasteiger charge is 2.24. The molecule has 0 saturated heterocycles. The first-order chi connectivity index (χ1) is 7.34. The summed E-state index contributed by atoms with van der Waals surface area (Å²) >= 11 is 1.55. The predicted octanol–water partition coefficient (Wildman–Crippen LogP) is 2.57. The zero-order valence-electron chi connectivity index (χ0n) is 7.78. The first-order valence-corrected chi connectivity index (χ1v) is 5.47. The highest BCUT2D eigenvalue weighted by molar-refractivity contribution is 7.15. The standard InChI is InChI=1S/C11H8N2OS/c14-10-9(6-7-2-1-4-12-7)8-3-5-15-11(8)13-10/h1-6,12H,(H,13,14). The summed E-state index contributed by atoms with van der Waals surface area (Å²) in [6, 6.07) is 5.81. The lowest BCUT2D eigenvalue weighted by Gasteiger charge is -1.93. The largest absolute Gasteiger partial charge is 0.362 e. The summed E-state index contributed by atoms with van der Waals surface area (Å²) in [6.07, 6.45) is 3.71. The summed E-state index contributed by atoms with van der Waals surface area (Å²) in [7, 11) is 0. The van der Waals surface area contributed by atoms with Gasteiger partial charge in [-0.3, -0.25) is 4.79 Å². The Kier molecular flexibility index (Phi) is 1.76. The molecule has 0 saturated carbocycles. The second-order valence-electron chi connectivity index (χ2n) is 3.30. The molecule has 2 N–H and O–H groups in total. The van der Waals surface area contributed by atoms with E-state index in [9.17, 15) is 4.79 Å². The van der Waals surface area contributed by atoms with E-state index in [1.54, 1.807) is 11.3 Å². The molecule has 3 nitrogen and oxygen atoms in total. The minimum atomic E-state index is -0.0218. The number of rotatable bonds is 1. The Morgan fingerprint density at radius 3 is 3.07 bits per heavy atom. The molecular formula is C11H8N2OS. The van der Waals surface area contributed by atoms with Gasteiger partial charge in [0.25, 0.3) is 5.91 Å². The van der Waals surface area contributed by atoms with E-state index in [1.165, 1.54) is 0 Å². The molecule has 3 rings (SSSR count). The van der Waals surface area contributed by atoms with Crippen molar-refractivity contribution in [3.63, 3.8) is 0 Å². The number of carbonyl (C=O) groups is 1. The normalized spacial score (nSPS) is 16.8. The average Bonchev–Trinajstić information content (AvgIpc) is 2.86. The van der Waals surface area contributed by atoms with Crippen LogP contribution in [-0.4, -0.2) is 10.9 Å². The molecule has 0 atom stereocenters. The summed E-state index contributed by atoms with van der Waals surface area (Å²) in [5.74, 6) is -0.0218. The molecule has 2 aromatic heterocycles. The molecular weight excluding hydrogens is 208 g/mol. The van der Waals surface area contributed by atoms with E-state index in [4.69, 9.17) is 0 Å². The molecule has 2 aromatic rings. The monoisotopic (exact) mass is 216 g/mol. The SMILES string of the molecule is O=C1Nc2sccc2C1=Cc1ccc[nH]1. The van der Waals surface area contributed by atoms with Crippen LogP contribution < -0.4 is 5.32 Å². The molecule has 0 aliphatic carbocycles. The molecule has 1 amide bonds. The van der Waals surface area contributed by atoms with Crippen molar-refractivity contribution in [1.82, 2.24) is 4.98 Å². The highest BCUT2D eigenvalue weighted by atomic mass is 32.1. The van der Waals surface area contributed by atoms with Gasteiger partial charge in [0.05, 0.1) is 5.57 Å². The van der Waals surface area contributed by atoms with Crippen molar-refractivity contribution < 1.29 is 4.79 Å². The lowest BCUT2D eigenvalue weighted by molar-refractivity contribution is -0.110.